The van der Waals surface area contributed by atoms with Crippen molar-refractivity contribution in [2.24, 2.45) is 5.73 Å². The van der Waals surface area contributed by atoms with Crippen LogP contribution in [-0.4, -0.2) is 15.6 Å². The molecule has 0 saturated carbocycles. The molecule has 0 radical (unpaired) electrons. The lowest BCUT2D eigenvalue weighted by atomic mass is 10.0. The van der Waals surface area contributed by atoms with Gasteiger partial charge in [0.05, 0.1) is 6.04 Å². The van der Waals surface area contributed by atoms with E-state index >= 15 is 0 Å². The number of rotatable bonds is 5. The molecule has 1 heterocycles. The number of carbonyl (C=O) groups excluding carboxylic acids is 1. The summed E-state index contributed by atoms with van der Waals surface area (Å²) >= 11 is 0. The Kier molecular flexibility index (Phi) is 3.89. The Morgan fingerprint density at radius 2 is 2.06 bits per heavy atom. The summed E-state index contributed by atoms with van der Waals surface area (Å²) in [4.78, 5) is 12.3. The Morgan fingerprint density at radius 3 is 2.72 bits per heavy atom. The summed E-state index contributed by atoms with van der Waals surface area (Å²) in [6.45, 7) is 2.78. The van der Waals surface area contributed by atoms with Crippen molar-refractivity contribution in [2.75, 3.05) is 0 Å². The standard InChI is InChI=1S/C14H17N3O/c1-2-10-17-12(8-9-16-17)14(18)13(15)11-6-4-3-5-7-11/h3-9,13H,2,10,15H2,1H3/t13-/m1/s1. The fraction of sp³-hybridized carbons (Fsp3) is 0.286. The third kappa shape index (κ3) is 2.49. The lowest BCUT2D eigenvalue weighted by Gasteiger charge is -2.12. The van der Waals surface area contributed by atoms with Crippen LogP contribution in [0.4, 0.5) is 0 Å². The van der Waals surface area contributed by atoms with Crippen molar-refractivity contribution < 1.29 is 4.79 Å². The number of aryl methyl sites for hydroxylation is 1. The quantitative estimate of drug-likeness (QED) is 0.819. The van der Waals surface area contributed by atoms with Crippen LogP contribution in [0, 0.1) is 0 Å². The maximum Gasteiger partial charge on any atom is 0.201 e. The van der Waals surface area contributed by atoms with E-state index in [4.69, 9.17) is 5.73 Å². The molecule has 0 bridgehead atoms. The first kappa shape index (κ1) is 12.5. The van der Waals surface area contributed by atoms with Gasteiger partial charge in [0.1, 0.15) is 5.69 Å². The number of hydrogen-bond acceptors (Lipinski definition) is 3. The van der Waals surface area contributed by atoms with E-state index in [2.05, 4.69) is 5.10 Å². The number of carbonyl (C=O) groups is 1. The molecule has 18 heavy (non-hydrogen) atoms. The highest BCUT2D eigenvalue weighted by molar-refractivity contribution is 5.99. The summed E-state index contributed by atoms with van der Waals surface area (Å²) < 4.78 is 1.71. The van der Waals surface area contributed by atoms with Gasteiger partial charge in [-0.25, -0.2) is 0 Å². The van der Waals surface area contributed by atoms with Gasteiger partial charge in [-0.3, -0.25) is 9.48 Å². The molecule has 0 fully saturated rings. The average Bonchev–Trinajstić information content (AvgIpc) is 2.87. The zero-order valence-corrected chi connectivity index (χ0v) is 10.4. The van der Waals surface area contributed by atoms with E-state index in [1.54, 1.807) is 16.9 Å². The molecule has 94 valence electrons. The zero-order chi connectivity index (χ0) is 13.0. The average molecular weight is 243 g/mol. The monoisotopic (exact) mass is 243 g/mol. The minimum Gasteiger partial charge on any atom is -0.317 e. The van der Waals surface area contributed by atoms with Crippen LogP contribution in [0.1, 0.15) is 35.4 Å². The van der Waals surface area contributed by atoms with Crippen molar-refractivity contribution in [3.63, 3.8) is 0 Å². The molecule has 2 rings (SSSR count). The van der Waals surface area contributed by atoms with Crippen LogP contribution in [0.3, 0.4) is 0 Å². The molecule has 4 heteroatoms. The van der Waals surface area contributed by atoms with Gasteiger partial charge in [-0.15, -0.1) is 0 Å². The van der Waals surface area contributed by atoms with Crippen LogP contribution in [0.15, 0.2) is 42.6 Å². The molecule has 1 atom stereocenters. The second-order valence-electron chi connectivity index (χ2n) is 4.19. The number of nitrogens with two attached hydrogens (primary N) is 1. The summed E-state index contributed by atoms with van der Waals surface area (Å²) in [5.41, 5.74) is 7.41. The van der Waals surface area contributed by atoms with E-state index in [9.17, 15) is 4.79 Å². The molecule has 1 aromatic carbocycles. The topological polar surface area (TPSA) is 60.9 Å². The molecule has 0 saturated heterocycles. The van der Waals surface area contributed by atoms with Crippen molar-refractivity contribution in [2.45, 2.75) is 25.9 Å². The summed E-state index contributed by atoms with van der Waals surface area (Å²) in [7, 11) is 0. The predicted octanol–water partition coefficient (Wildman–Crippen LogP) is 2.18. The number of benzene rings is 1. The van der Waals surface area contributed by atoms with Crippen LogP contribution in [-0.2, 0) is 6.54 Å². The fourth-order valence-corrected chi connectivity index (χ4v) is 1.90. The highest BCUT2D eigenvalue weighted by Gasteiger charge is 2.20. The Morgan fingerprint density at radius 1 is 1.33 bits per heavy atom. The normalized spacial score (nSPS) is 12.3. The number of nitrogens with zero attached hydrogens (tertiary/aromatic N) is 2. The molecule has 0 unspecified atom stereocenters. The van der Waals surface area contributed by atoms with Gasteiger partial charge in [0.2, 0.25) is 5.78 Å². The lowest BCUT2D eigenvalue weighted by Crippen LogP contribution is -2.24. The maximum atomic E-state index is 12.3. The molecule has 0 amide bonds. The molecule has 0 aliphatic heterocycles. The molecule has 1 aromatic heterocycles. The van der Waals surface area contributed by atoms with Crippen LogP contribution in [0.25, 0.3) is 0 Å². The van der Waals surface area contributed by atoms with Gasteiger partial charge in [0.15, 0.2) is 0 Å². The Balaban J connectivity index is 2.23. The van der Waals surface area contributed by atoms with Crippen LogP contribution >= 0.6 is 0 Å². The van der Waals surface area contributed by atoms with Crippen molar-refractivity contribution in [3.8, 4) is 0 Å². The molecule has 0 aliphatic rings. The molecule has 2 aromatic rings. The van der Waals surface area contributed by atoms with E-state index in [-0.39, 0.29) is 5.78 Å². The molecular weight excluding hydrogens is 226 g/mol. The first-order valence-electron chi connectivity index (χ1n) is 6.10. The maximum absolute atomic E-state index is 12.3. The zero-order valence-electron chi connectivity index (χ0n) is 10.4. The fourth-order valence-electron chi connectivity index (χ4n) is 1.90. The first-order chi connectivity index (χ1) is 8.74. The van der Waals surface area contributed by atoms with Crippen molar-refractivity contribution >= 4 is 5.78 Å². The summed E-state index contributed by atoms with van der Waals surface area (Å²) in [6, 6.07) is 10.5. The van der Waals surface area contributed by atoms with Crippen molar-refractivity contribution in [1.82, 2.24) is 9.78 Å². The van der Waals surface area contributed by atoms with Gasteiger partial charge in [0, 0.05) is 12.7 Å². The molecular formula is C14H17N3O. The van der Waals surface area contributed by atoms with Gasteiger partial charge < -0.3 is 5.73 Å². The largest absolute Gasteiger partial charge is 0.317 e. The second kappa shape index (κ2) is 5.60. The summed E-state index contributed by atoms with van der Waals surface area (Å²) in [5.74, 6) is -0.0906. The number of ketones is 1. The van der Waals surface area contributed by atoms with Crippen LogP contribution in [0.5, 0.6) is 0 Å². The smallest absolute Gasteiger partial charge is 0.201 e. The Hall–Kier alpha value is -1.94. The predicted molar refractivity (Wildman–Crippen MR) is 70.2 cm³/mol. The number of aromatic nitrogens is 2. The number of hydrogen-bond donors (Lipinski definition) is 1. The first-order valence-corrected chi connectivity index (χ1v) is 6.10. The Bertz CT molecular complexity index is 519. The summed E-state index contributed by atoms with van der Waals surface area (Å²) in [5, 5.41) is 4.14. The van der Waals surface area contributed by atoms with Crippen LogP contribution < -0.4 is 5.73 Å². The SMILES string of the molecule is CCCn1nccc1C(=O)[C@H](N)c1ccccc1. The van der Waals surface area contributed by atoms with E-state index < -0.39 is 6.04 Å². The van der Waals surface area contributed by atoms with Crippen molar-refractivity contribution in [1.29, 1.82) is 0 Å². The lowest BCUT2D eigenvalue weighted by molar-refractivity contribution is 0.0950. The molecule has 0 spiro atoms. The van der Waals surface area contributed by atoms with E-state index in [1.165, 1.54) is 0 Å². The van der Waals surface area contributed by atoms with Gasteiger partial charge in [-0.1, -0.05) is 37.3 Å². The highest BCUT2D eigenvalue weighted by Crippen LogP contribution is 2.15. The highest BCUT2D eigenvalue weighted by atomic mass is 16.1. The minimum atomic E-state index is -0.626. The third-order valence-corrected chi connectivity index (χ3v) is 2.85. The van der Waals surface area contributed by atoms with Crippen molar-refractivity contribution in [3.05, 3.63) is 53.9 Å². The van der Waals surface area contributed by atoms with Gasteiger partial charge in [-0.05, 0) is 18.1 Å². The van der Waals surface area contributed by atoms with E-state index in [0.717, 1.165) is 18.5 Å². The molecule has 2 N–H and O–H groups in total. The number of Topliss-reactive ketones (excluding diaryl/α,β-unsaturated/α-hetero) is 1. The molecule has 4 nitrogen and oxygen atoms in total. The minimum absolute atomic E-state index is 0.0906. The Labute approximate surface area is 106 Å². The molecule has 0 aliphatic carbocycles. The van der Waals surface area contributed by atoms with Crippen LogP contribution in [0.2, 0.25) is 0 Å². The van der Waals surface area contributed by atoms with Gasteiger partial charge in [0.25, 0.3) is 0 Å². The second-order valence-corrected chi connectivity index (χ2v) is 4.19. The van der Waals surface area contributed by atoms with Gasteiger partial charge in [-0.2, -0.15) is 5.10 Å². The van der Waals surface area contributed by atoms with E-state index in [1.807, 2.05) is 37.3 Å². The third-order valence-electron chi connectivity index (χ3n) is 2.85. The summed E-state index contributed by atoms with van der Waals surface area (Å²) in [6.07, 6.45) is 2.57. The van der Waals surface area contributed by atoms with Gasteiger partial charge >= 0.3 is 0 Å². The van der Waals surface area contributed by atoms with E-state index in [0.29, 0.717) is 5.69 Å².